The molecule has 1 aromatic heterocycles. The number of carbonyl (C=O) groups excluding carboxylic acids is 4. The molecule has 0 bridgehead atoms. The number of primary amides is 2. The van der Waals surface area contributed by atoms with Gasteiger partial charge in [-0.3, -0.25) is 24.1 Å². The number of hydrogen-bond acceptors (Lipinski definition) is 6. The summed E-state index contributed by atoms with van der Waals surface area (Å²) in [4.78, 5) is 53.6. The van der Waals surface area contributed by atoms with Crippen LogP contribution in [-0.4, -0.2) is 77.6 Å². The van der Waals surface area contributed by atoms with Gasteiger partial charge in [-0.05, 0) is 37.8 Å². The monoisotopic (exact) mass is 469 g/mol. The number of halogens is 1. The van der Waals surface area contributed by atoms with Crippen LogP contribution in [0.15, 0.2) is 22.8 Å². The Morgan fingerprint density at radius 3 is 1.66 bits per heavy atom. The van der Waals surface area contributed by atoms with Gasteiger partial charge in [0.15, 0.2) is 0 Å². The number of rotatable bonds is 8. The number of likely N-dealkylation sites (tertiary alicyclic amines) is 2. The van der Waals surface area contributed by atoms with Crippen LogP contribution in [0, 0.1) is 11.8 Å². The molecule has 0 radical (unpaired) electrons. The van der Waals surface area contributed by atoms with Gasteiger partial charge in [0.05, 0.1) is 25.9 Å². The molecule has 0 aliphatic carbocycles. The van der Waals surface area contributed by atoms with Crippen LogP contribution in [0.1, 0.15) is 31.4 Å². The van der Waals surface area contributed by atoms with E-state index in [1.54, 1.807) is 33.1 Å². The third-order valence-electron chi connectivity index (χ3n) is 6.18. The summed E-state index contributed by atoms with van der Waals surface area (Å²) >= 11 is 0. The molecule has 0 saturated carbocycles. The molecule has 1 aromatic rings. The molecule has 2 fully saturated rings. The van der Waals surface area contributed by atoms with Gasteiger partial charge in [-0.15, -0.1) is 12.4 Å². The van der Waals surface area contributed by atoms with E-state index in [1.807, 2.05) is 0 Å². The van der Waals surface area contributed by atoms with Crippen molar-refractivity contribution in [1.82, 2.24) is 14.7 Å². The van der Waals surface area contributed by atoms with E-state index in [0.29, 0.717) is 64.2 Å². The summed E-state index contributed by atoms with van der Waals surface area (Å²) in [6.07, 6.45) is 3.81. The summed E-state index contributed by atoms with van der Waals surface area (Å²) < 4.78 is 5.40. The normalized spacial score (nSPS) is 17.8. The number of furan rings is 1. The Balaban J connectivity index is 0.00000363. The minimum absolute atomic E-state index is 0. The van der Waals surface area contributed by atoms with Crippen LogP contribution >= 0.6 is 12.4 Å². The van der Waals surface area contributed by atoms with Crippen LogP contribution in [0.25, 0.3) is 0 Å². The van der Waals surface area contributed by atoms with E-state index in [9.17, 15) is 19.2 Å². The minimum Gasteiger partial charge on any atom is -0.468 e. The number of piperidine rings is 2. The first-order valence-corrected chi connectivity index (χ1v) is 10.7. The summed E-state index contributed by atoms with van der Waals surface area (Å²) in [5.41, 5.74) is 10.7. The lowest BCUT2D eigenvalue weighted by molar-refractivity contribution is -0.139. The topological polar surface area (TPSA) is 143 Å². The van der Waals surface area contributed by atoms with Crippen molar-refractivity contribution in [2.24, 2.45) is 23.3 Å². The first-order valence-electron chi connectivity index (χ1n) is 10.7. The highest BCUT2D eigenvalue weighted by Crippen LogP contribution is 2.19. The standard InChI is InChI=1S/C21H31N5O5.ClH/c22-20(29)15-3-7-25(8-4-15)18(27)13-24(12-17-2-1-11-31-17)14-19(28)26-9-5-16(6-10-26)21(23)30;/h1-2,11,15-16H,3-10,12-14H2,(H2,22,29)(H2,23,30);1H. The van der Waals surface area contributed by atoms with Crippen LogP contribution in [0.3, 0.4) is 0 Å². The Hall–Kier alpha value is -2.59. The SMILES string of the molecule is Cl.NC(=O)C1CCN(C(=O)CN(CC(=O)N2CCC(C(N)=O)CC2)Cc2ccco2)CC1. The number of nitrogens with two attached hydrogens (primary N) is 2. The highest BCUT2D eigenvalue weighted by Gasteiger charge is 2.29. The summed E-state index contributed by atoms with van der Waals surface area (Å²) in [5, 5.41) is 0. The largest absolute Gasteiger partial charge is 0.468 e. The van der Waals surface area contributed by atoms with E-state index >= 15 is 0 Å². The van der Waals surface area contributed by atoms with Gasteiger partial charge in [0.2, 0.25) is 23.6 Å². The molecule has 0 aromatic carbocycles. The van der Waals surface area contributed by atoms with Gasteiger partial charge in [-0.2, -0.15) is 0 Å². The minimum atomic E-state index is -0.322. The fraction of sp³-hybridized carbons (Fsp3) is 0.619. The van der Waals surface area contributed by atoms with E-state index < -0.39 is 0 Å². The maximum Gasteiger partial charge on any atom is 0.236 e. The molecule has 4 N–H and O–H groups in total. The second kappa shape index (κ2) is 11.9. The highest BCUT2D eigenvalue weighted by atomic mass is 35.5. The second-order valence-corrected chi connectivity index (χ2v) is 8.34. The molecule has 10 nitrogen and oxygen atoms in total. The quantitative estimate of drug-likeness (QED) is 0.546. The predicted molar refractivity (Wildman–Crippen MR) is 118 cm³/mol. The molecule has 0 spiro atoms. The molecule has 32 heavy (non-hydrogen) atoms. The van der Waals surface area contributed by atoms with Crippen molar-refractivity contribution >= 4 is 36.0 Å². The Morgan fingerprint density at radius 2 is 1.31 bits per heavy atom. The Morgan fingerprint density at radius 1 is 0.875 bits per heavy atom. The third-order valence-corrected chi connectivity index (χ3v) is 6.18. The molecule has 178 valence electrons. The van der Waals surface area contributed by atoms with Crippen LogP contribution in [0.5, 0.6) is 0 Å². The third kappa shape index (κ3) is 6.96. The van der Waals surface area contributed by atoms with Gasteiger partial charge >= 0.3 is 0 Å². The Bertz CT molecular complexity index is 739. The molecular formula is C21H32ClN5O5. The number of nitrogens with zero attached hydrogens (tertiary/aromatic N) is 3. The molecule has 3 rings (SSSR count). The lowest BCUT2D eigenvalue weighted by Crippen LogP contribution is -2.49. The van der Waals surface area contributed by atoms with Crippen molar-refractivity contribution in [1.29, 1.82) is 0 Å². The smallest absolute Gasteiger partial charge is 0.236 e. The zero-order valence-electron chi connectivity index (χ0n) is 18.1. The van der Waals surface area contributed by atoms with E-state index in [0.717, 1.165) is 0 Å². The van der Waals surface area contributed by atoms with Crippen molar-refractivity contribution in [3.05, 3.63) is 24.2 Å². The average molecular weight is 470 g/mol. The van der Waals surface area contributed by atoms with Gasteiger partial charge in [0, 0.05) is 38.0 Å². The van der Waals surface area contributed by atoms with Crippen LogP contribution in [0.2, 0.25) is 0 Å². The number of hydrogen-bond donors (Lipinski definition) is 2. The van der Waals surface area contributed by atoms with Crippen LogP contribution < -0.4 is 11.5 Å². The molecule has 0 unspecified atom stereocenters. The Labute approximate surface area is 193 Å². The predicted octanol–water partition coefficient (Wildman–Crippen LogP) is -0.0488. The van der Waals surface area contributed by atoms with Crippen molar-refractivity contribution in [3.8, 4) is 0 Å². The zero-order valence-corrected chi connectivity index (χ0v) is 18.9. The highest BCUT2D eigenvalue weighted by molar-refractivity contribution is 5.85. The van der Waals surface area contributed by atoms with E-state index in [1.165, 1.54) is 0 Å². The fourth-order valence-corrected chi connectivity index (χ4v) is 4.20. The number of amides is 4. The Kier molecular flexibility index (Phi) is 9.52. The summed E-state index contributed by atoms with van der Waals surface area (Å²) in [6.45, 7) is 2.41. The molecule has 2 aliphatic heterocycles. The van der Waals surface area contributed by atoms with Crippen molar-refractivity contribution < 1.29 is 23.6 Å². The van der Waals surface area contributed by atoms with Gasteiger partial charge in [0.1, 0.15) is 5.76 Å². The van der Waals surface area contributed by atoms with Gasteiger partial charge in [-0.25, -0.2) is 0 Å². The lowest BCUT2D eigenvalue weighted by atomic mass is 9.96. The molecule has 0 atom stereocenters. The van der Waals surface area contributed by atoms with Gasteiger partial charge in [0.25, 0.3) is 0 Å². The van der Waals surface area contributed by atoms with Crippen molar-refractivity contribution in [2.75, 3.05) is 39.3 Å². The van der Waals surface area contributed by atoms with Crippen molar-refractivity contribution in [2.45, 2.75) is 32.2 Å². The zero-order chi connectivity index (χ0) is 22.4. The average Bonchev–Trinajstić information content (AvgIpc) is 3.26. The lowest BCUT2D eigenvalue weighted by Gasteiger charge is -2.34. The fourth-order valence-electron chi connectivity index (χ4n) is 4.20. The van der Waals surface area contributed by atoms with Crippen LogP contribution in [0.4, 0.5) is 0 Å². The number of carbonyl (C=O) groups is 4. The first-order chi connectivity index (χ1) is 14.8. The second-order valence-electron chi connectivity index (χ2n) is 8.34. The molecule has 4 amide bonds. The van der Waals surface area contributed by atoms with Gasteiger partial charge < -0.3 is 25.7 Å². The maximum atomic E-state index is 12.9. The summed E-state index contributed by atoms with van der Waals surface area (Å²) in [6, 6.07) is 3.57. The van der Waals surface area contributed by atoms with E-state index in [4.69, 9.17) is 15.9 Å². The molecule has 2 aliphatic rings. The molecule has 3 heterocycles. The molecule has 2 saturated heterocycles. The first kappa shape index (κ1) is 25.7. The molecular weight excluding hydrogens is 438 g/mol. The van der Waals surface area contributed by atoms with E-state index in [-0.39, 0.29) is 61.0 Å². The summed E-state index contributed by atoms with van der Waals surface area (Å²) in [7, 11) is 0. The maximum absolute atomic E-state index is 12.9. The van der Waals surface area contributed by atoms with Gasteiger partial charge in [-0.1, -0.05) is 0 Å². The van der Waals surface area contributed by atoms with E-state index in [2.05, 4.69) is 0 Å². The molecule has 11 heteroatoms. The van der Waals surface area contributed by atoms with Crippen molar-refractivity contribution in [3.63, 3.8) is 0 Å². The van der Waals surface area contributed by atoms with Crippen LogP contribution in [-0.2, 0) is 25.7 Å². The summed E-state index contributed by atoms with van der Waals surface area (Å²) in [5.74, 6) is -0.527.